The standard InChI is InChI=1S/C21H23N2O3P/c24-27(25,26)18-17-23-15-10-21(11-16-23)20-8-13-22(14-9-20)12-4-7-19-5-2-1-3-6-19/h1-3,5-6,8-11,13-16H,4,7,12,17-18H2/p+2. The van der Waals surface area contributed by atoms with E-state index in [-0.39, 0.29) is 6.16 Å². The quantitative estimate of drug-likeness (QED) is 0.464. The summed E-state index contributed by atoms with van der Waals surface area (Å²) in [5.74, 6) is 0. The first-order chi connectivity index (χ1) is 13.0. The molecule has 3 rings (SSSR count). The van der Waals surface area contributed by atoms with Crippen LogP contribution in [0.1, 0.15) is 12.0 Å². The molecule has 0 unspecified atom stereocenters. The van der Waals surface area contributed by atoms with Crippen LogP contribution in [0.4, 0.5) is 0 Å². The summed E-state index contributed by atoms with van der Waals surface area (Å²) in [6, 6.07) is 18.6. The molecule has 6 heteroatoms. The highest BCUT2D eigenvalue weighted by atomic mass is 31.2. The van der Waals surface area contributed by atoms with Crippen LogP contribution in [0.25, 0.3) is 11.1 Å². The van der Waals surface area contributed by atoms with Crippen LogP contribution >= 0.6 is 7.60 Å². The fourth-order valence-corrected chi connectivity index (χ4v) is 3.45. The van der Waals surface area contributed by atoms with Crippen molar-refractivity contribution in [3.8, 4) is 11.1 Å². The maximum Gasteiger partial charge on any atom is 0.331 e. The van der Waals surface area contributed by atoms with Gasteiger partial charge in [-0.05, 0) is 23.1 Å². The van der Waals surface area contributed by atoms with Crippen LogP contribution in [-0.2, 0) is 24.1 Å². The van der Waals surface area contributed by atoms with Crippen LogP contribution in [0.3, 0.4) is 0 Å². The third-order valence-electron chi connectivity index (χ3n) is 4.49. The summed E-state index contributed by atoms with van der Waals surface area (Å²) >= 11 is 0. The van der Waals surface area contributed by atoms with Crippen molar-refractivity contribution in [3.63, 3.8) is 0 Å². The molecule has 27 heavy (non-hydrogen) atoms. The van der Waals surface area contributed by atoms with E-state index in [2.05, 4.69) is 53.4 Å². The third-order valence-corrected chi connectivity index (χ3v) is 5.27. The molecule has 2 aromatic heterocycles. The van der Waals surface area contributed by atoms with E-state index in [9.17, 15) is 4.57 Å². The zero-order chi connectivity index (χ0) is 19.1. The number of hydrogen-bond donors (Lipinski definition) is 2. The molecule has 0 aliphatic rings. The number of aromatic nitrogens is 2. The van der Waals surface area contributed by atoms with Gasteiger partial charge in [0.1, 0.15) is 12.7 Å². The zero-order valence-corrected chi connectivity index (χ0v) is 16.1. The molecule has 0 aliphatic carbocycles. The lowest BCUT2D eigenvalue weighted by molar-refractivity contribution is -0.697. The summed E-state index contributed by atoms with van der Waals surface area (Å²) in [6.45, 7) is 1.28. The van der Waals surface area contributed by atoms with Gasteiger partial charge in [-0.2, -0.15) is 0 Å². The smallest absolute Gasteiger partial charge is 0.324 e. The van der Waals surface area contributed by atoms with Crippen molar-refractivity contribution in [2.45, 2.75) is 25.9 Å². The van der Waals surface area contributed by atoms with E-state index in [4.69, 9.17) is 9.79 Å². The average molecular weight is 384 g/mol. The minimum atomic E-state index is -3.96. The summed E-state index contributed by atoms with van der Waals surface area (Å²) in [5, 5.41) is 0. The Morgan fingerprint density at radius 1 is 0.741 bits per heavy atom. The van der Waals surface area contributed by atoms with Crippen molar-refractivity contribution >= 4 is 7.60 Å². The molecule has 0 saturated carbocycles. The molecule has 2 N–H and O–H groups in total. The molecular weight excluding hydrogens is 359 g/mol. The van der Waals surface area contributed by atoms with Gasteiger partial charge in [0.15, 0.2) is 31.3 Å². The molecular formula is C21H25N2O3P+2. The third kappa shape index (κ3) is 6.40. The van der Waals surface area contributed by atoms with Crippen molar-refractivity contribution in [2.75, 3.05) is 6.16 Å². The van der Waals surface area contributed by atoms with Crippen LogP contribution in [0.15, 0.2) is 79.4 Å². The average Bonchev–Trinajstić information content (AvgIpc) is 2.68. The maximum absolute atomic E-state index is 11.0. The Morgan fingerprint density at radius 3 is 1.78 bits per heavy atom. The van der Waals surface area contributed by atoms with E-state index in [1.54, 1.807) is 4.57 Å². The maximum atomic E-state index is 11.0. The van der Waals surface area contributed by atoms with E-state index in [1.807, 2.05) is 30.6 Å². The molecule has 0 aliphatic heterocycles. The Hall–Kier alpha value is -2.33. The highest BCUT2D eigenvalue weighted by Crippen LogP contribution is 2.33. The van der Waals surface area contributed by atoms with E-state index < -0.39 is 7.60 Å². The number of rotatable bonds is 8. The Bertz CT molecular complexity index is 891. The Labute approximate surface area is 159 Å². The lowest BCUT2D eigenvalue weighted by atomic mass is 10.1. The van der Waals surface area contributed by atoms with Crippen molar-refractivity contribution in [3.05, 3.63) is 84.9 Å². The Balaban J connectivity index is 1.54. The molecule has 1 aromatic carbocycles. The van der Waals surface area contributed by atoms with Crippen LogP contribution in [0.2, 0.25) is 0 Å². The normalized spacial score (nSPS) is 11.5. The van der Waals surface area contributed by atoms with Crippen LogP contribution < -0.4 is 9.13 Å². The number of nitrogens with zero attached hydrogens (tertiary/aromatic N) is 2. The van der Waals surface area contributed by atoms with Crippen LogP contribution in [0.5, 0.6) is 0 Å². The first-order valence-electron chi connectivity index (χ1n) is 9.07. The first kappa shape index (κ1) is 19.4. The molecule has 0 spiro atoms. The summed E-state index contributed by atoms with van der Waals surface area (Å²) in [7, 11) is -3.96. The largest absolute Gasteiger partial charge is 0.331 e. The topological polar surface area (TPSA) is 65.3 Å². The molecule has 2 heterocycles. The summed E-state index contributed by atoms with van der Waals surface area (Å²) in [6.07, 6.45) is 9.91. The van der Waals surface area contributed by atoms with E-state index in [0.29, 0.717) is 6.54 Å². The van der Waals surface area contributed by atoms with Gasteiger partial charge in [0.05, 0.1) is 0 Å². The second-order valence-electron chi connectivity index (χ2n) is 6.63. The van der Waals surface area contributed by atoms with Gasteiger partial charge < -0.3 is 9.79 Å². The zero-order valence-electron chi connectivity index (χ0n) is 15.2. The van der Waals surface area contributed by atoms with Gasteiger partial charge in [0.25, 0.3) is 0 Å². The highest BCUT2D eigenvalue weighted by Gasteiger charge is 2.16. The molecule has 0 saturated heterocycles. The minimum absolute atomic E-state index is 0.147. The van der Waals surface area contributed by atoms with Crippen LogP contribution in [-0.4, -0.2) is 15.9 Å². The molecule has 140 valence electrons. The molecule has 0 fully saturated rings. The van der Waals surface area contributed by atoms with Gasteiger partial charge in [-0.25, -0.2) is 9.13 Å². The SMILES string of the molecule is O=P(O)(O)CC[n+]1ccc(-c2cc[n+](CCCc3ccccc3)cc2)cc1. The van der Waals surface area contributed by atoms with Gasteiger partial charge >= 0.3 is 7.60 Å². The molecule has 0 amide bonds. The summed E-state index contributed by atoms with van der Waals surface area (Å²) < 4.78 is 14.9. The molecule has 3 aromatic rings. The lowest BCUT2D eigenvalue weighted by Gasteiger charge is -2.03. The van der Waals surface area contributed by atoms with Gasteiger partial charge in [0.2, 0.25) is 0 Å². The number of aryl methyl sites for hydroxylation is 3. The molecule has 0 atom stereocenters. The van der Waals surface area contributed by atoms with Crippen molar-refractivity contribution in [1.82, 2.24) is 0 Å². The molecule has 0 radical (unpaired) electrons. The number of benzene rings is 1. The van der Waals surface area contributed by atoms with Crippen molar-refractivity contribution in [2.24, 2.45) is 0 Å². The number of hydrogen-bond acceptors (Lipinski definition) is 1. The highest BCUT2D eigenvalue weighted by molar-refractivity contribution is 7.51. The number of pyridine rings is 2. The predicted molar refractivity (Wildman–Crippen MR) is 104 cm³/mol. The van der Waals surface area contributed by atoms with Crippen LogP contribution in [0, 0.1) is 0 Å². The monoisotopic (exact) mass is 384 g/mol. The second-order valence-corrected chi connectivity index (χ2v) is 8.40. The summed E-state index contributed by atoms with van der Waals surface area (Å²) in [5.41, 5.74) is 3.57. The Kier molecular flexibility index (Phi) is 6.51. The summed E-state index contributed by atoms with van der Waals surface area (Å²) in [4.78, 5) is 17.9. The van der Waals surface area contributed by atoms with Crippen molar-refractivity contribution < 1.29 is 23.5 Å². The minimum Gasteiger partial charge on any atom is -0.324 e. The lowest BCUT2D eigenvalue weighted by Crippen LogP contribution is -2.34. The van der Waals surface area contributed by atoms with E-state index >= 15 is 0 Å². The van der Waals surface area contributed by atoms with Gasteiger partial charge in [0, 0.05) is 30.7 Å². The van der Waals surface area contributed by atoms with Gasteiger partial charge in [-0.1, -0.05) is 30.3 Å². The predicted octanol–water partition coefficient (Wildman–Crippen LogP) is 2.74. The van der Waals surface area contributed by atoms with E-state index in [0.717, 1.165) is 30.5 Å². The van der Waals surface area contributed by atoms with Crippen molar-refractivity contribution in [1.29, 1.82) is 0 Å². The second kappa shape index (κ2) is 9.05. The molecule has 0 bridgehead atoms. The first-order valence-corrected chi connectivity index (χ1v) is 10.9. The van der Waals surface area contributed by atoms with Gasteiger partial charge in [-0.15, -0.1) is 0 Å². The van der Waals surface area contributed by atoms with Gasteiger partial charge in [-0.3, -0.25) is 4.57 Å². The van der Waals surface area contributed by atoms with E-state index in [1.165, 1.54) is 5.56 Å². The fraction of sp³-hybridized carbons (Fsp3) is 0.238. The Morgan fingerprint density at radius 2 is 1.26 bits per heavy atom. The fourth-order valence-electron chi connectivity index (χ4n) is 2.95. The molecule has 5 nitrogen and oxygen atoms in total.